The van der Waals surface area contributed by atoms with Crippen molar-refractivity contribution in [1.82, 2.24) is 0 Å². The summed E-state index contributed by atoms with van der Waals surface area (Å²) in [7, 11) is 1.17. The molecule has 2 aliphatic rings. The maximum atomic E-state index is 12.5. The van der Waals surface area contributed by atoms with Crippen molar-refractivity contribution in [2.45, 2.75) is 31.0 Å². The number of ketones is 1. The summed E-state index contributed by atoms with van der Waals surface area (Å²) in [5.41, 5.74) is -1.76. The highest BCUT2D eigenvalue weighted by molar-refractivity contribution is 9.10. The molecule has 0 amide bonds. The summed E-state index contributed by atoms with van der Waals surface area (Å²) in [6.45, 7) is 0. The number of benzene rings is 1. The molecular formula is C15H13BrO7. The van der Waals surface area contributed by atoms with E-state index in [-0.39, 0.29) is 36.3 Å². The summed E-state index contributed by atoms with van der Waals surface area (Å²) in [5, 5.41) is 9.90. The number of Topliss-reactive ketones (excluding diaryl/α,β-unsaturated/α-hetero) is 1. The summed E-state index contributed by atoms with van der Waals surface area (Å²) in [4.78, 5) is 36.3. The minimum Gasteiger partial charge on any atom is -0.507 e. The summed E-state index contributed by atoms with van der Waals surface area (Å²) in [6, 6.07) is 2.85. The van der Waals surface area contributed by atoms with Gasteiger partial charge in [0.05, 0.1) is 18.0 Å². The fraction of sp³-hybridized carbons (Fsp3) is 0.400. The number of phenols is 1. The third-order valence-electron chi connectivity index (χ3n) is 4.01. The van der Waals surface area contributed by atoms with Gasteiger partial charge in [-0.25, -0.2) is 4.79 Å². The van der Waals surface area contributed by atoms with E-state index in [0.29, 0.717) is 4.47 Å². The molecule has 0 aromatic heterocycles. The highest BCUT2D eigenvalue weighted by Gasteiger charge is 2.58. The summed E-state index contributed by atoms with van der Waals surface area (Å²) < 4.78 is 16.2. The molecule has 0 radical (unpaired) electrons. The van der Waals surface area contributed by atoms with Gasteiger partial charge in [-0.2, -0.15) is 0 Å². The first kappa shape index (κ1) is 15.8. The second kappa shape index (κ2) is 5.52. The van der Waals surface area contributed by atoms with Gasteiger partial charge >= 0.3 is 11.9 Å². The fourth-order valence-electron chi connectivity index (χ4n) is 2.91. The third-order valence-corrected chi connectivity index (χ3v) is 4.63. The maximum Gasteiger partial charge on any atom is 0.354 e. The van der Waals surface area contributed by atoms with Gasteiger partial charge in [-0.3, -0.25) is 9.59 Å². The molecule has 0 aliphatic carbocycles. The Morgan fingerprint density at radius 1 is 1.43 bits per heavy atom. The standard InChI is InChI=1S/C15H13BrO7/c1-21-14(20)15(10-4-5-11(19)22-10)6-9(18)12-8(17)3-2-7(16)13(12)23-15/h2-3,10,17H,4-6H2,1H3/t10-,15-/m1/s1. The number of phenolic OH excluding ortho intramolecular Hbond substituents is 1. The lowest BCUT2D eigenvalue weighted by Gasteiger charge is -2.38. The number of esters is 2. The molecule has 0 bridgehead atoms. The number of fused-ring (bicyclic) bond motifs is 1. The van der Waals surface area contributed by atoms with Gasteiger partial charge in [0.2, 0.25) is 5.60 Å². The van der Waals surface area contributed by atoms with Crippen LogP contribution < -0.4 is 4.74 Å². The normalized spacial score (nSPS) is 26.3. The molecule has 2 aliphatic heterocycles. The minimum absolute atomic E-state index is 0.0109. The Balaban J connectivity index is 2.12. The zero-order chi connectivity index (χ0) is 16.8. The van der Waals surface area contributed by atoms with Crippen molar-refractivity contribution in [3.63, 3.8) is 0 Å². The van der Waals surface area contributed by atoms with Crippen molar-refractivity contribution in [1.29, 1.82) is 0 Å². The first-order valence-corrected chi connectivity index (χ1v) is 7.70. The predicted octanol–water partition coefficient (Wildman–Crippen LogP) is 1.74. The number of methoxy groups -OCH3 is 1. The molecule has 0 unspecified atom stereocenters. The number of hydrogen-bond donors (Lipinski definition) is 1. The van der Waals surface area contributed by atoms with E-state index in [0.717, 1.165) is 0 Å². The number of ether oxygens (including phenoxy) is 3. The molecule has 1 N–H and O–H groups in total. The Morgan fingerprint density at radius 2 is 2.17 bits per heavy atom. The van der Waals surface area contributed by atoms with Gasteiger partial charge in [0.15, 0.2) is 11.9 Å². The van der Waals surface area contributed by atoms with E-state index in [1.54, 1.807) is 0 Å². The SMILES string of the molecule is COC(=O)[C@]1([C@H]2CCC(=O)O2)CC(=O)c2c(O)ccc(Br)c2O1. The highest BCUT2D eigenvalue weighted by Crippen LogP contribution is 2.46. The van der Waals surface area contributed by atoms with Gasteiger partial charge in [-0.15, -0.1) is 0 Å². The van der Waals surface area contributed by atoms with Crippen molar-refractivity contribution in [2.24, 2.45) is 0 Å². The van der Waals surface area contributed by atoms with Gasteiger partial charge < -0.3 is 19.3 Å². The minimum atomic E-state index is -1.75. The molecule has 1 aromatic carbocycles. The molecule has 0 spiro atoms. The van der Waals surface area contributed by atoms with Crippen molar-refractivity contribution >= 4 is 33.7 Å². The Hall–Kier alpha value is -2.09. The molecule has 3 rings (SSSR count). The van der Waals surface area contributed by atoms with E-state index in [4.69, 9.17) is 14.2 Å². The Morgan fingerprint density at radius 3 is 2.78 bits per heavy atom. The highest BCUT2D eigenvalue weighted by atomic mass is 79.9. The average molecular weight is 385 g/mol. The largest absolute Gasteiger partial charge is 0.507 e. The number of carbonyl (C=O) groups excluding carboxylic acids is 3. The molecule has 122 valence electrons. The van der Waals surface area contributed by atoms with E-state index in [2.05, 4.69) is 15.9 Å². The molecule has 0 saturated carbocycles. The number of halogens is 1. The molecule has 8 heteroatoms. The summed E-state index contributed by atoms with van der Waals surface area (Å²) in [5.74, 6) is -1.95. The van der Waals surface area contributed by atoms with E-state index >= 15 is 0 Å². The van der Waals surface area contributed by atoms with Crippen LogP contribution in [0.25, 0.3) is 0 Å². The van der Waals surface area contributed by atoms with Crippen LogP contribution in [0.15, 0.2) is 16.6 Å². The molecule has 2 atom stereocenters. The van der Waals surface area contributed by atoms with Crippen LogP contribution in [0.5, 0.6) is 11.5 Å². The zero-order valence-electron chi connectivity index (χ0n) is 12.1. The smallest absolute Gasteiger partial charge is 0.354 e. The first-order valence-electron chi connectivity index (χ1n) is 6.90. The monoisotopic (exact) mass is 384 g/mol. The lowest BCUT2D eigenvalue weighted by molar-refractivity contribution is -0.175. The van der Waals surface area contributed by atoms with Crippen LogP contribution in [0, 0.1) is 0 Å². The van der Waals surface area contributed by atoms with Crippen LogP contribution in [0.2, 0.25) is 0 Å². The Kier molecular flexibility index (Phi) is 3.79. The predicted molar refractivity (Wildman–Crippen MR) is 79.2 cm³/mol. The maximum absolute atomic E-state index is 12.5. The van der Waals surface area contributed by atoms with E-state index in [1.807, 2.05) is 0 Å². The van der Waals surface area contributed by atoms with Gasteiger partial charge in [-0.1, -0.05) is 0 Å². The number of cyclic esters (lactones) is 1. The first-order chi connectivity index (χ1) is 10.9. The quantitative estimate of drug-likeness (QED) is 0.775. The zero-order valence-corrected chi connectivity index (χ0v) is 13.7. The lowest BCUT2D eigenvalue weighted by atomic mass is 9.84. The summed E-state index contributed by atoms with van der Waals surface area (Å²) >= 11 is 3.24. The van der Waals surface area contributed by atoms with Crippen LogP contribution in [-0.2, 0) is 19.1 Å². The Bertz CT molecular complexity index is 714. The molecule has 2 heterocycles. The lowest BCUT2D eigenvalue weighted by Crippen LogP contribution is -2.58. The van der Waals surface area contributed by atoms with Gasteiger partial charge in [-0.05, 0) is 34.5 Å². The van der Waals surface area contributed by atoms with Crippen molar-refractivity contribution in [3.8, 4) is 11.5 Å². The summed E-state index contributed by atoms with van der Waals surface area (Å²) in [6.07, 6.45) is -0.926. The van der Waals surface area contributed by atoms with E-state index in [1.165, 1.54) is 19.2 Å². The molecule has 1 aromatic rings. The van der Waals surface area contributed by atoms with Crippen LogP contribution in [0.3, 0.4) is 0 Å². The third kappa shape index (κ3) is 2.37. The number of hydrogen-bond acceptors (Lipinski definition) is 7. The van der Waals surface area contributed by atoms with Crippen molar-refractivity contribution in [3.05, 3.63) is 22.2 Å². The second-order valence-corrected chi connectivity index (χ2v) is 6.23. The van der Waals surface area contributed by atoms with Crippen molar-refractivity contribution < 1.29 is 33.7 Å². The second-order valence-electron chi connectivity index (χ2n) is 5.37. The molecule has 23 heavy (non-hydrogen) atoms. The average Bonchev–Trinajstić information content (AvgIpc) is 2.96. The molecular weight excluding hydrogens is 372 g/mol. The molecule has 7 nitrogen and oxygen atoms in total. The topological polar surface area (TPSA) is 99.1 Å². The molecule has 1 fully saturated rings. The van der Waals surface area contributed by atoms with Crippen LogP contribution in [0.4, 0.5) is 0 Å². The van der Waals surface area contributed by atoms with Gasteiger partial charge in [0.25, 0.3) is 0 Å². The van der Waals surface area contributed by atoms with Gasteiger partial charge in [0.1, 0.15) is 17.1 Å². The fourth-order valence-corrected chi connectivity index (χ4v) is 3.32. The van der Waals surface area contributed by atoms with Crippen molar-refractivity contribution in [2.75, 3.05) is 7.11 Å². The van der Waals surface area contributed by atoms with E-state index < -0.39 is 29.4 Å². The van der Waals surface area contributed by atoms with Gasteiger partial charge in [0, 0.05) is 6.42 Å². The molecule has 1 saturated heterocycles. The van der Waals surface area contributed by atoms with Crippen LogP contribution in [-0.4, -0.2) is 41.6 Å². The number of carbonyl (C=O) groups is 3. The van der Waals surface area contributed by atoms with Crippen LogP contribution in [0.1, 0.15) is 29.6 Å². The van der Waals surface area contributed by atoms with Crippen LogP contribution >= 0.6 is 15.9 Å². The number of rotatable bonds is 2. The van der Waals surface area contributed by atoms with E-state index in [9.17, 15) is 19.5 Å². The Labute approximate surface area is 139 Å². The number of aromatic hydroxyl groups is 1.